The van der Waals surface area contributed by atoms with Crippen LogP contribution in [0.1, 0.15) is 25.8 Å². The quantitative estimate of drug-likeness (QED) is 0.759. The summed E-state index contributed by atoms with van der Waals surface area (Å²) in [5.41, 5.74) is 5.94. The molecule has 1 unspecified atom stereocenters. The molecule has 0 aliphatic heterocycles. The van der Waals surface area contributed by atoms with Gasteiger partial charge in [0.25, 0.3) is 0 Å². The molecular weight excluding hydrogens is 193 g/mol. The molecule has 1 aromatic carbocycles. The van der Waals surface area contributed by atoms with Gasteiger partial charge in [-0.3, -0.25) is 0 Å². The van der Waals surface area contributed by atoms with Crippen LogP contribution in [0.25, 0.3) is 0 Å². The first-order valence-corrected chi connectivity index (χ1v) is 5.19. The van der Waals surface area contributed by atoms with Crippen LogP contribution in [0.5, 0.6) is 0 Å². The molecule has 0 aliphatic carbocycles. The number of benzene rings is 1. The van der Waals surface area contributed by atoms with Gasteiger partial charge in [0.2, 0.25) is 0 Å². The summed E-state index contributed by atoms with van der Waals surface area (Å²) >= 11 is 0. The van der Waals surface area contributed by atoms with Crippen molar-refractivity contribution in [2.45, 2.75) is 25.8 Å². The lowest BCUT2D eigenvalue weighted by molar-refractivity contribution is 0.127. The molecular formula is C12H18FNO. The number of halogens is 1. The van der Waals surface area contributed by atoms with E-state index in [0.717, 1.165) is 0 Å². The average Bonchev–Trinajstić information content (AvgIpc) is 2.18. The van der Waals surface area contributed by atoms with E-state index < -0.39 is 5.54 Å². The highest BCUT2D eigenvalue weighted by Crippen LogP contribution is 2.23. The highest BCUT2D eigenvalue weighted by molar-refractivity contribution is 5.24. The van der Waals surface area contributed by atoms with Crippen LogP contribution in [0.2, 0.25) is 0 Å². The van der Waals surface area contributed by atoms with Gasteiger partial charge < -0.3 is 10.5 Å². The van der Waals surface area contributed by atoms with Crippen molar-refractivity contribution in [1.29, 1.82) is 0 Å². The average molecular weight is 211 g/mol. The molecule has 15 heavy (non-hydrogen) atoms. The van der Waals surface area contributed by atoms with Crippen LogP contribution >= 0.6 is 0 Å². The van der Waals surface area contributed by atoms with E-state index in [9.17, 15) is 4.39 Å². The normalized spacial score (nSPS) is 14.9. The maximum absolute atomic E-state index is 13.5. The molecule has 0 saturated carbocycles. The summed E-state index contributed by atoms with van der Waals surface area (Å²) in [6.45, 7) is 4.96. The monoisotopic (exact) mass is 211 g/mol. The molecule has 0 saturated heterocycles. The second-order valence-corrected chi connectivity index (χ2v) is 3.84. The van der Waals surface area contributed by atoms with Gasteiger partial charge in [-0.15, -0.1) is 0 Å². The maximum Gasteiger partial charge on any atom is 0.128 e. The van der Waals surface area contributed by atoms with Crippen LogP contribution in [0.15, 0.2) is 24.3 Å². The summed E-state index contributed by atoms with van der Waals surface area (Å²) in [7, 11) is 0. The van der Waals surface area contributed by atoms with Gasteiger partial charge in [0, 0.05) is 24.3 Å². The van der Waals surface area contributed by atoms with Gasteiger partial charge in [-0.2, -0.15) is 0 Å². The SMILES string of the molecule is CCOCCC(C)(N)c1ccccc1F. The third kappa shape index (κ3) is 3.29. The van der Waals surface area contributed by atoms with Crippen LogP contribution in [0.4, 0.5) is 4.39 Å². The van der Waals surface area contributed by atoms with Crippen molar-refractivity contribution in [2.24, 2.45) is 5.73 Å². The van der Waals surface area contributed by atoms with Crippen molar-refractivity contribution >= 4 is 0 Å². The van der Waals surface area contributed by atoms with E-state index in [0.29, 0.717) is 25.2 Å². The molecule has 0 aliphatic rings. The number of hydrogen-bond donors (Lipinski definition) is 1. The van der Waals surface area contributed by atoms with Crippen LogP contribution in [-0.4, -0.2) is 13.2 Å². The van der Waals surface area contributed by atoms with Gasteiger partial charge in [0.1, 0.15) is 5.82 Å². The first kappa shape index (κ1) is 12.1. The second-order valence-electron chi connectivity index (χ2n) is 3.84. The van der Waals surface area contributed by atoms with Crippen molar-refractivity contribution in [3.05, 3.63) is 35.6 Å². The Morgan fingerprint density at radius 3 is 2.67 bits per heavy atom. The van der Waals surface area contributed by atoms with Gasteiger partial charge in [0.05, 0.1) is 0 Å². The smallest absolute Gasteiger partial charge is 0.128 e. The van der Waals surface area contributed by atoms with Crippen molar-refractivity contribution in [1.82, 2.24) is 0 Å². The second kappa shape index (κ2) is 5.24. The molecule has 1 aromatic rings. The van der Waals surface area contributed by atoms with Gasteiger partial charge >= 0.3 is 0 Å². The molecule has 0 radical (unpaired) electrons. The zero-order valence-electron chi connectivity index (χ0n) is 9.29. The molecule has 0 spiro atoms. The molecule has 2 N–H and O–H groups in total. The summed E-state index contributed by atoms with van der Waals surface area (Å²) in [5.74, 6) is -0.251. The van der Waals surface area contributed by atoms with E-state index in [1.54, 1.807) is 18.2 Å². The van der Waals surface area contributed by atoms with E-state index >= 15 is 0 Å². The standard InChI is InChI=1S/C12H18FNO/c1-3-15-9-8-12(2,14)10-6-4-5-7-11(10)13/h4-7H,3,8-9,14H2,1-2H3. The largest absolute Gasteiger partial charge is 0.382 e. The van der Waals surface area contributed by atoms with Gasteiger partial charge in [-0.05, 0) is 26.3 Å². The molecule has 2 nitrogen and oxygen atoms in total. The zero-order valence-corrected chi connectivity index (χ0v) is 9.29. The van der Waals surface area contributed by atoms with E-state index in [-0.39, 0.29) is 5.82 Å². The van der Waals surface area contributed by atoms with Gasteiger partial charge in [0.15, 0.2) is 0 Å². The summed E-state index contributed by atoms with van der Waals surface area (Å²) < 4.78 is 18.7. The minimum atomic E-state index is -0.666. The van der Waals surface area contributed by atoms with E-state index in [1.165, 1.54) is 6.07 Å². The molecule has 84 valence electrons. The molecule has 0 amide bonds. The van der Waals surface area contributed by atoms with Crippen LogP contribution < -0.4 is 5.73 Å². The molecule has 0 bridgehead atoms. The van der Waals surface area contributed by atoms with Crippen molar-refractivity contribution in [3.8, 4) is 0 Å². The summed E-state index contributed by atoms with van der Waals surface area (Å²) in [6, 6.07) is 6.62. The maximum atomic E-state index is 13.5. The van der Waals surface area contributed by atoms with Crippen molar-refractivity contribution < 1.29 is 9.13 Å². The fourth-order valence-corrected chi connectivity index (χ4v) is 1.49. The third-order valence-corrected chi connectivity index (χ3v) is 2.46. The lowest BCUT2D eigenvalue weighted by atomic mass is 9.90. The third-order valence-electron chi connectivity index (χ3n) is 2.46. The van der Waals surface area contributed by atoms with Gasteiger partial charge in [-0.1, -0.05) is 18.2 Å². The van der Waals surface area contributed by atoms with Crippen LogP contribution in [0, 0.1) is 5.82 Å². The van der Waals surface area contributed by atoms with Crippen LogP contribution in [-0.2, 0) is 10.3 Å². The topological polar surface area (TPSA) is 35.2 Å². The van der Waals surface area contributed by atoms with E-state index in [1.807, 2.05) is 13.8 Å². The fourth-order valence-electron chi connectivity index (χ4n) is 1.49. The predicted molar refractivity (Wildman–Crippen MR) is 59.0 cm³/mol. The molecule has 0 fully saturated rings. The Kier molecular flexibility index (Phi) is 4.24. The Bertz CT molecular complexity index is 312. The van der Waals surface area contributed by atoms with Crippen LogP contribution in [0.3, 0.4) is 0 Å². The Labute approximate surface area is 90.2 Å². The van der Waals surface area contributed by atoms with E-state index in [2.05, 4.69) is 0 Å². The Morgan fingerprint density at radius 1 is 1.40 bits per heavy atom. The lowest BCUT2D eigenvalue weighted by Gasteiger charge is -2.25. The summed E-state index contributed by atoms with van der Waals surface area (Å²) in [6.07, 6.45) is 0.613. The molecule has 0 heterocycles. The zero-order chi connectivity index (χ0) is 11.3. The lowest BCUT2D eigenvalue weighted by Crippen LogP contribution is -2.35. The van der Waals surface area contributed by atoms with E-state index in [4.69, 9.17) is 10.5 Å². The molecule has 0 aromatic heterocycles. The first-order valence-electron chi connectivity index (χ1n) is 5.19. The molecule has 1 atom stereocenters. The fraction of sp³-hybridized carbons (Fsp3) is 0.500. The Balaban J connectivity index is 2.72. The Hall–Kier alpha value is -0.930. The minimum Gasteiger partial charge on any atom is -0.382 e. The Morgan fingerprint density at radius 2 is 2.07 bits per heavy atom. The highest BCUT2D eigenvalue weighted by atomic mass is 19.1. The summed E-state index contributed by atoms with van der Waals surface area (Å²) in [5, 5.41) is 0. The first-order chi connectivity index (χ1) is 7.08. The number of hydrogen-bond acceptors (Lipinski definition) is 2. The number of ether oxygens (including phenoxy) is 1. The van der Waals surface area contributed by atoms with Crippen molar-refractivity contribution in [3.63, 3.8) is 0 Å². The summed E-state index contributed by atoms with van der Waals surface area (Å²) in [4.78, 5) is 0. The van der Waals surface area contributed by atoms with Crippen molar-refractivity contribution in [2.75, 3.05) is 13.2 Å². The molecule has 1 rings (SSSR count). The number of rotatable bonds is 5. The minimum absolute atomic E-state index is 0.251. The highest BCUT2D eigenvalue weighted by Gasteiger charge is 2.23. The predicted octanol–water partition coefficient (Wildman–Crippen LogP) is 2.43. The van der Waals surface area contributed by atoms with Gasteiger partial charge in [-0.25, -0.2) is 4.39 Å². The number of nitrogens with two attached hydrogens (primary N) is 1. The molecule has 3 heteroatoms.